The first-order chi connectivity index (χ1) is 16.9. The minimum atomic E-state index is -5.28. The summed E-state index contributed by atoms with van der Waals surface area (Å²) in [4.78, 5) is 28.4. The van der Waals surface area contributed by atoms with Gasteiger partial charge in [0.2, 0.25) is 0 Å². The number of aromatic nitrogens is 1. The molecule has 1 N–H and O–H groups in total. The summed E-state index contributed by atoms with van der Waals surface area (Å²) >= 11 is 0. The Morgan fingerprint density at radius 2 is 1.64 bits per heavy atom. The molecule has 7 nitrogen and oxygen atoms in total. The summed E-state index contributed by atoms with van der Waals surface area (Å²) in [6.45, 7) is 1.11. The number of esters is 1. The lowest BCUT2D eigenvalue weighted by Gasteiger charge is -2.19. The van der Waals surface area contributed by atoms with Gasteiger partial charge in [-0.1, -0.05) is 0 Å². The number of ether oxygens (including phenoxy) is 3. The molecule has 0 fully saturated rings. The minimum Gasteiger partial charge on any atom is -0.496 e. The Hall–Kier alpha value is -4.29. The van der Waals surface area contributed by atoms with Crippen LogP contribution in [0.3, 0.4) is 0 Å². The second-order valence-corrected chi connectivity index (χ2v) is 7.10. The van der Waals surface area contributed by atoms with Gasteiger partial charge >= 0.3 is 12.1 Å². The molecule has 2 aromatic carbocycles. The molecule has 36 heavy (non-hydrogen) atoms. The Bertz CT molecular complexity index is 1340. The van der Waals surface area contributed by atoms with Gasteiger partial charge in [-0.3, -0.25) is 4.79 Å². The molecule has 0 atom stereocenters. The number of halogens is 6. The SMILES string of the molecule is COC(=O)c1cc(NC(=O)c2c(Oc3ccc(F)c(F)c3C)cc(OC)c(C(F)(F)F)c2F)ccn1. The number of alkyl halides is 3. The summed E-state index contributed by atoms with van der Waals surface area (Å²) in [7, 11) is 1.91. The van der Waals surface area contributed by atoms with Crippen molar-refractivity contribution in [1.29, 1.82) is 0 Å². The van der Waals surface area contributed by atoms with Gasteiger partial charge in [-0.15, -0.1) is 0 Å². The van der Waals surface area contributed by atoms with Crippen LogP contribution in [0.15, 0.2) is 36.5 Å². The van der Waals surface area contributed by atoms with Crippen LogP contribution in [0.5, 0.6) is 17.2 Å². The molecule has 0 unspecified atom stereocenters. The normalized spacial score (nSPS) is 11.1. The number of carbonyl (C=O) groups is 2. The average Bonchev–Trinajstić information content (AvgIpc) is 2.82. The van der Waals surface area contributed by atoms with Crippen molar-refractivity contribution in [2.24, 2.45) is 0 Å². The first-order valence-corrected chi connectivity index (χ1v) is 9.84. The second-order valence-electron chi connectivity index (χ2n) is 7.10. The Labute approximate surface area is 199 Å². The lowest BCUT2D eigenvalue weighted by molar-refractivity contribution is -0.141. The van der Waals surface area contributed by atoms with E-state index in [2.05, 4.69) is 19.8 Å². The van der Waals surface area contributed by atoms with E-state index in [1.807, 2.05) is 0 Å². The third-order valence-electron chi connectivity index (χ3n) is 4.85. The lowest BCUT2D eigenvalue weighted by atomic mass is 10.0. The highest BCUT2D eigenvalue weighted by Gasteiger charge is 2.41. The molecule has 0 aliphatic carbocycles. The molecule has 13 heteroatoms. The first-order valence-electron chi connectivity index (χ1n) is 9.84. The van der Waals surface area contributed by atoms with E-state index in [-0.39, 0.29) is 11.4 Å². The fourth-order valence-corrected chi connectivity index (χ4v) is 3.10. The highest BCUT2D eigenvalue weighted by atomic mass is 19.4. The van der Waals surface area contributed by atoms with Crippen molar-refractivity contribution in [2.45, 2.75) is 13.1 Å². The van der Waals surface area contributed by atoms with Crippen molar-refractivity contribution < 1.29 is 50.1 Å². The van der Waals surface area contributed by atoms with Crippen LogP contribution in [-0.4, -0.2) is 31.1 Å². The number of benzene rings is 2. The molecule has 0 saturated heterocycles. The van der Waals surface area contributed by atoms with E-state index in [9.17, 15) is 31.5 Å². The number of methoxy groups -OCH3 is 2. The number of rotatable bonds is 6. The molecule has 3 rings (SSSR count). The molecule has 0 bridgehead atoms. The van der Waals surface area contributed by atoms with Crippen LogP contribution in [0.4, 0.5) is 32.0 Å². The van der Waals surface area contributed by atoms with Crippen molar-refractivity contribution in [1.82, 2.24) is 4.98 Å². The summed E-state index contributed by atoms with van der Waals surface area (Å²) in [5.41, 5.74) is -3.90. The molecule has 0 spiro atoms. The molecule has 1 amide bonds. The summed E-state index contributed by atoms with van der Waals surface area (Å²) in [6.07, 6.45) is -4.19. The zero-order chi connectivity index (χ0) is 26.8. The standard InChI is InChI=1S/C23H16F6N2O5/c1-10-14(5-4-12(24)19(10)25)36-15-9-16(34-2)18(23(27,28)29)20(26)17(15)21(32)31-11-6-7-30-13(8-11)22(33)35-3/h4-9H,1-3H3,(H,30,31,32). The number of anilines is 1. The van der Waals surface area contributed by atoms with Crippen LogP contribution < -0.4 is 14.8 Å². The highest BCUT2D eigenvalue weighted by Crippen LogP contribution is 2.44. The molecule has 0 aliphatic heterocycles. The summed E-state index contributed by atoms with van der Waals surface area (Å²) in [5, 5.41) is 2.15. The van der Waals surface area contributed by atoms with Crippen LogP contribution in [-0.2, 0) is 10.9 Å². The van der Waals surface area contributed by atoms with Gasteiger partial charge in [0.05, 0.1) is 14.2 Å². The maximum absolute atomic E-state index is 15.3. The Morgan fingerprint density at radius 3 is 2.25 bits per heavy atom. The molecule has 1 heterocycles. The number of hydrogen-bond acceptors (Lipinski definition) is 6. The second kappa shape index (κ2) is 10.1. The first kappa shape index (κ1) is 26.3. The zero-order valence-electron chi connectivity index (χ0n) is 18.7. The number of carbonyl (C=O) groups excluding carboxylic acids is 2. The fourth-order valence-electron chi connectivity index (χ4n) is 3.10. The predicted octanol–water partition coefficient (Wildman–Crippen LogP) is 5.67. The quantitative estimate of drug-likeness (QED) is 0.337. The van der Waals surface area contributed by atoms with Gasteiger partial charge < -0.3 is 19.5 Å². The number of nitrogens with one attached hydrogen (secondary N) is 1. The number of amides is 1. The lowest BCUT2D eigenvalue weighted by Crippen LogP contribution is -2.20. The van der Waals surface area contributed by atoms with E-state index in [1.165, 1.54) is 6.07 Å². The Morgan fingerprint density at radius 1 is 0.944 bits per heavy atom. The van der Waals surface area contributed by atoms with Gasteiger partial charge in [-0.25, -0.2) is 22.9 Å². The molecule has 1 aromatic heterocycles. The Balaban J connectivity index is 2.17. The molecule has 0 radical (unpaired) electrons. The van der Waals surface area contributed by atoms with E-state index in [4.69, 9.17) is 4.74 Å². The third-order valence-corrected chi connectivity index (χ3v) is 4.85. The summed E-state index contributed by atoms with van der Waals surface area (Å²) in [5.74, 6) is -9.09. The Kier molecular flexibility index (Phi) is 7.41. The summed E-state index contributed by atoms with van der Waals surface area (Å²) in [6, 6.07) is 4.43. The summed E-state index contributed by atoms with van der Waals surface area (Å²) < 4.78 is 98.1. The average molecular weight is 514 g/mol. The van der Waals surface area contributed by atoms with Gasteiger partial charge in [-0.05, 0) is 31.2 Å². The van der Waals surface area contributed by atoms with Crippen molar-refractivity contribution in [3.05, 3.63) is 76.4 Å². The topological polar surface area (TPSA) is 86.8 Å². The van der Waals surface area contributed by atoms with E-state index in [0.717, 1.165) is 39.5 Å². The molecule has 0 saturated carbocycles. The van der Waals surface area contributed by atoms with Crippen molar-refractivity contribution in [3.8, 4) is 17.2 Å². The highest BCUT2D eigenvalue weighted by molar-refractivity contribution is 6.07. The maximum Gasteiger partial charge on any atom is 0.422 e. The molecular weight excluding hydrogens is 498 g/mol. The van der Waals surface area contributed by atoms with Gasteiger partial charge in [0.15, 0.2) is 17.5 Å². The van der Waals surface area contributed by atoms with Crippen LogP contribution in [0.1, 0.15) is 32.0 Å². The smallest absolute Gasteiger partial charge is 0.422 e. The number of hydrogen-bond donors (Lipinski definition) is 1. The van der Waals surface area contributed by atoms with Crippen LogP contribution in [0.2, 0.25) is 0 Å². The van der Waals surface area contributed by atoms with E-state index in [1.54, 1.807) is 0 Å². The monoisotopic (exact) mass is 514 g/mol. The van der Waals surface area contributed by atoms with Gasteiger partial charge in [0.1, 0.15) is 34.1 Å². The van der Waals surface area contributed by atoms with Crippen LogP contribution in [0, 0.1) is 24.4 Å². The van der Waals surface area contributed by atoms with E-state index in [0.29, 0.717) is 12.1 Å². The maximum atomic E-state index is 15.3. The van der Waals surface area contributed by atoms with Crippen molar-refractivity contribution in [2.75, 3.05) is 19.5 Å². The van der Waals surface area contributed by atoms with E-state index >= 15 is 4.39 Å². The van der Waals surface area contributed by atoms with Gasteiger partial charge in [0, 0.05) is 23.5 Å². The zero-order valence-corrected chi connectivity index (χ0v) is 18.7. The molecule has 3 aromatic rings. The number of nitrogens with zero attached hydrogens (tertiary/aromatic N) is 1. The van der Waals surface area contributed by atoms with E-state index < -0.39 is 69.4 Å². The van der Waals surface area contributed by atoms with Gasteiger partial charge in [-0.2, -0.15) is 13.2 Å². The largest absolute Gasteiger partial charge is 0.496 e. The minimum absolute atomic E-state index is 0.144. The molecular formula is C23H16F6N2O5. The number of pyridine rings is 1. The van der Waals surface area contributed by atoms with Gasteiger partial charge in [0.25, 0.3) is 5.91 Å². The molecule has 190 valence electrons. The van der Waals surface area contributed by atoms with Crippen molar-refractivity contribution in [3.63, 3.8) is 0 Å². The third kappa shape index (κ3) is 5.19. The van der Waals surface area contributed by atoms with Crippen LogP contribution >= 0.6 is 0 Å². The fraction of sp³-hybridized carbons (Fsp3) is 0.174. The predicted molar refractivity (Wildman–Crippen MR) is 113 cm³/mol. The van der Waals surface area contributed by atoms with Crippen molar-refractivity contribution >= 4 is 17.6 Å². The molecule has 0 aliphatic rings. The van der Waals surface area contributed by atoms with Crippen LogP contribution in [0.25, 0.3) is 0 Å².